The summed E-state index contributed by atoms with van der Waals surface area (Å²) in [6.07, 6.45) is 3.07. The molecule has 0 saturated heterocycles. The number of ether oxygens (including phenoxy) is 4. The Kier molecular flexibility index (Phi) is 6.31. The summed E-state index contributed by atoms with van der Waals surface area (Å²) < 4.78 is 21.0. The van der Waals surface area contributed by atoms with Gasteiger partial charge in [-0.15, -0.1) is 0 Å². The van der Waals surface area contributed by atoms with Gasteiger partial charge in [-0.3, -0.25) is 4.79 Å². The third-order valence-corrected chi connectivity index (χ3v) is 3.90. The van der Waals surface area contributed by atoms with Crippen molar-refractivity contribution in [3.8, 4) is 23.0 Å². The minimum atomic E-state index is -0.268. The number of hydrogen-bond donors (Lipinski definition) is 0. The number of ketones is 1. The van der Waals surface area contributed by atoms with Crippen LogP contribution in [0.15, 0.2) is 36.4 Å². The van der Waals surface area contributed by atoms with Gasteiger partial charge in [0.1, 0.15) is 0 Å². The molecule has 0 spiro atoms. The maximum absolute atomic E-state index is 12.5. The fourth-order valence-corrected chi connectivity index (χ4v) is 2.59. The van der Waals surface area contributed by atoms with Gasteiger partial charge in [0.25, 0.3) is 0 Å². The first-order chi connectivity index (χ1) is 12.0. The van der Waals surface area contributed by atoms with Crippen molar-refractivity contribution in [3.63, 3.8) is 0 Å². The van der Waals surface area contributed by atoms with E-state index in [9.17, 15) is 4.79 Å². The molecular weight excluding hydrogens is 344 g/mol. The van der Waals surface area contributed by atoms with Crippen LogP contribution in [0.4, 0.5) is 0 Å². The van der Waals surface area contributed by atoms with Crippen molar-refractivity contribution < 1.29 is 23.7 Å². The van der Waals surface area contributed by atoms with E-state index in [1.165, 1.54) is 20.3 Å². The second-order valence-corrected chi connectivity index (χ2v) is 5.37. The SMILES string of the molecule is COc1cc(Cl)c(C(=O)C=Cc2cccc(OC)c2OC)cc1OC. The zero-order valence-corrected chi connectivity index (χ0v) is 15.2. The molecule has 0 bridgehead atoms. The normalized spacial score (nSPS) is 10.6. The highest BCUT2D eigenvalue weighted by molar-refractivity contribution is 6.35. The molecule has 0 radical (unpaired) electrons. The van der Waals surface area contributed by atoms with Crippen molar-refractivity contribution in [1.29, 1.82) is 0 Å². The maximum Gasteiger partial charge on any atom is 0.187 e. The number of methoxy groups -OCH3 is 4. The lowest BCUT2D eigenvalue weighted by Crippen LogP contribution is -1.99. The van der Waals surface area contributed by atoms with E-state index in [1.807, 2.05) is 12.1 Å². The summed E-state index contributed by atoms with van der Waals surface area (Å²) in [6, 6.07) is 8.52. The lowest BCUT2D eigenvalue weighted by Gasteiger charge is -2.11. The highest BCUT2D eigenvalue weighted by Crippen LogP contribution is 2.34. The molecule has 0 atom stereocenters. The molecule has 0 unspecified atom stereocenters. The molecule has 25 heavy (non-hydrogen) atoms. The van der Waals surface area contributed by atoms with Crippen LogP contribution in [0, 0.1) is 0 Å². The smallest absolute Gasteiger partial charge is 0.187 e. The van der Waals surface area contributed by atoms with Gasteiger partial charge in [0.05, 0.1) is 33.5 Å². The average Bonchev–Trinajstić information content (AvgIpc) is 2.65. The molecule has 0 aromatic heterocycles. The Morgan fingerprint density at radius 2 is 1.56 bits per heavy atom. The predicted octanol–water partition coefficient (Wildman–Crippen LogP) is 4.27. The van der Waals surface area contributed by atoms with Gasteiger partial charge in [-0.1, -0.05) is 23.7 Å². The Bertz CT molecular complexity index is 799. The van der Waals surface area contributed by atoms with E-state index < -0.39 is 0 Å². The van der Waals surface area contributed by atoms with E-state index in [0.29, 0.717) is 34.1 Å². The van der Waals surface area contributed by atoms with Gasteiger partial charge in [-0.2, -0.15) is 0 Å². The number of allylic oxidation sites excluding steroid dienone is 1. The van der Waals surface area contributed by atoms with Crippen molar-refractivity contribution >= 4 is 23.5 Å². The van der Waals surface area contributed by atoms with Gasteiger partial charge in [0.2, 0.25) is 0 Å². The van der Waals surface area contributed by atoms with Crippen LogP contribution in [-0.4, -0.2) is 34.2 Å². The van der Waals surface area contributed by atoms with Crippen molar-refractivity contribution in [2.45, 2.75) is 0 Å². The van der Waals surface area contributed by atoms with Crippen LogP contribution in [0.1, 0.15) is 15.9 Å². The van der Waals surface area contributed by atoms with E-state index >= 15 is 0 Å². The van der Waals surface area contributed by atoms with E-state index in [0.717, 1.165) is 0 Å². The van der Waals surface area contributed by atoms with Crippen LogP contribution in [0.3, 0.4) is 0 Å². The third-order valence-electron chi connectivity index (χ3n) is 3.59. The van der Waals surface area contributed by atoms with Crippen LogP contribution in [0.5, 0.6) is 23.0 Å². The highest BCUT2D eigenvalue weighted by atomic mass is 35.5. The Morgan fingerprint density at radius 1 is 0.920 bits per heavy atom. The van der Waals surface area contributed by atoms with Crippen molar-refractivity contribution in [2.24, 2.45) is 0 Å². The third kappa shape index (κ3) is 4.06. The van der Waals surface area contributed by atoms with Crippen molar-refractivity contribution in [2.75, 3.05) is 28.4 Å². The first kappa shape index (κ1) is 18.7. The molecule has 6 heteroatoms. The second-order valence-electron chi connectivity index (χ2n) is 4.97. The summed E-state index contributed by atoms with van der Waals surface area (Å²) >= 11 is 6.18. The summed E-state index contributed by atoms with van der Waals surface area (Å²) in [5, 5.41) is 0.282. The molecular formula is C19H19ClO5. The number of halogens is 1. The molecule has 0 amide bonds. The topological polar surface area (TPSA) is 54.0 Å². The van der Waals surface area contributed by atoms with Gasteiger partial charge in [0, 0.05) is 17.2 Å². The van der Waals surface area contributed by atoms with Crippen LogP contribution in [0.2, 0.25) is 5.02 Å². The summed E-state index contributed by atoms with van der Waals surface area (Å²) in [6.45, 7) is 0. The Hall–Kier alpha value is -2.66. The number of carbonyl (C=O) groups is 1. The lowest BCUT2D eigenvalue weighted by atomic mass is 10.1. The van der Waals surface area contributed by atoms with E-state index in [4.69, 9.17) is 30.5 Å². The van der Waals surface area contributed by atoms with Gasteiger partial charge in [0.15, 0.2) is 28.8 Å². The molecule has 0 fully saturated rings. The molecule has 0 aliphatic rings. The molecule has 0 aliphatic heterocycles. The maximum atomic E-state index is 12.5. The molecule has 5 nitrogen and oxygen atoms in total. The van der Waals surface area contributed by atoms with E-state index in [1.54, 1.807) is 38.5 Å². The summed E-state index contributed by atoms with van der Waals surface area (Å²) in [4.78, 5) is 12.5. The van der Waals surface area contributed by atoms with Crippen LogP contribution >= 0.6 is 11.6 Å². The van der Waals surface area contributed by atoms with Crippen molar-refractivity contribution in [1.82, 2.24) is 0 Å². The molecule has 0 aliphatic carbocycles. The molecule has 0 heterocycles. The standard InChI is InChI=1S/C19H19ClO5/c1-22-16-7-5-6-12(19(16)25-4)8-9-15(21)13-10-17(23-2)18(24-3)11-14(13)20/h5-11H,1-4H3. The summed E-state index contributed by atoms with van der Waals surface area (Å²) in [5.74, 6) is 1.76. The fraction of sp³-hybridized carbons (Fsp3) is 0.211. The molecule has 0 saturated carbocycles. The number of benzene rings is 2. The van der Waals surface area contributed by atoms with Crippen LogP contribution < -0.4 is 18.9 Å². The number of hydrogen-bond acceptors (Lipinski definition) is 5. The summed E-state index contributed by atoms with van der Waals surface area (Å²) in [7, 11) is 6.10. The second kappa shape index (κ2) is 8.44. The Morgan fingerprint density at radius 3 is 2.16 bits per heavy atom. The Balaban J connectivity index is 2.36. The summed E-state index contributed by atoms with van der Waals surface area (Å²) in [5.41, 5.74) is 1.03. The number of para-hydroxylation sites is 1. The van der Waals surface area contributed by atoms with Gasteiger partial charge in [-0.25, -0.2) is 0 Å². The van der Waals surface area contributed by atoms with E-state index in [-0.39, 0.29) is 10.8 Å². The minimum absolute atomic E-state index is 0.268. The minimum Gasteiger partial charge on any atom is -0.493 e. The van der Waals surface area contributed by atoms with Gasteiger partial charge < -0.3 is 18.9 Å². The van der Waals surface area contributed by atoms with Crippen LogP contribution in [0.25, 0.3) is 6.08 Å². The molecule has 132 valence electrons. The highest BCUT2D eigenvalue weighted by Gasteiger charge is 2.14. The zero-order valence-electron chi connectivity index (χ0n) is 14.5. The molecule has 2 aromatic rings. The quantitative estimate of drug-likeness (QED) is 0.544. The predicted molar refractivity (Wildman–Crippen MR) is 97.5 cm³/mol. The monoisotopic (exact) mass is 362 g/mol. The van der Waals surface area contributed by atoms with Gasteiger partial charge in [-0.05, 0) is 24.3 Å². The first-order valence-corrected chi connectivity index (χ1v) is 7.78. The van der Waals surface area contributed by atoms with Crippen LogP contribution in [-0.2, 0) is 0 Å². The lowest BCUT2D eigenvalue weighted by molar-refractivity contribution is 0.104. The first-order valence-electron chi connectivity index (χ1n) is 7.40. The Labute approximate surface area is 151 Å². The number of carbonyl (C=O) groups excluding carboxylic acids is 1. The average molecular weight is 363 g/mol. The van der Waals surface area contributed by atoms with E-state index in [2.05, 4.69) is 0 Å². The molecule has 0 N–H and O–H groups in total. The largest absolute Gasteiger partial charge is 0.493 e. The van der Waals surface area contributed by atoms with Gasteiger partial charge >= 0.3 is 0 Å². The fourth-order valence-electron chi connectivity index (χ4n) is 2.34. The van der Waals surface area contributed by atoms with Crippen molar-refractivity contribution in [3.05, 3.63) is 52.6 Å². The molecule has 2 aromatic carbocycles. The number of rotatable bonds is 7. The molecule has 2 rings (SSSR count). The zero-order chi connectivity index (χ0) is 18.4.